The number of hydrogen-bond acceptors (Lipinski definition) is 2. The monoisotopic (exact) mass is 302 g/mol. The largest absolute Gasteiger partial charge is 0.459 e. The summed E-state index contributed by atoms with van der Waals surface area (Å²) in [7, 11) is 0. The van der Waals surface area contributed by atoms with Crippen LogP contribution in [0, 0.1) is 46.8 Å². The Hall–Kier alpha value is -0.530. The van der Waals surface area contributed by atoms with Gasteiger partial charge >= 0.3 is 5.97 Å². The van der Waals surface area contributed by atoms with Crippen LogP contribution in [0.2, 0.25) is 0 Å². The van der Waals surface area contributed by atoms with Gasteiger partial charge in [0.1, 0.15) is 5.60 Å². The number of carbonyl (C=O) groups excluding carboxylic acids is 1. The third-order valence-corrected chi connectivity index (χ3v) is 8.68. The highest BCUT2D eigenvalue weighted by atomic mass is 16.6. The molecule has 122 valence electrons. The number of hydrogen-bond donors (Lipinski definition) is 0. The molecule has 0 radical (unpaired) electrons. The molecular formula is C20H30O2. The van der Waals surface area contributed by atoms with Gasteiger partial charge in [-0.25, -0.2) is 0 Å². The predicted molar refractivity (Wildman–Crippen MR) is 85.0 cm³/mol. The maximum Gasteiger partial charge on any atom is 0.312 e. The first-order chi connectivity index (χ1) is 10.4. The molecule has 0 N–H and O–H groups in total. The van der Waals surface area contributed by atoms with Crippen LogP contribution in [0.15, 0.2) is 0 Å². The van der Waals surface area contributed by atoms with E-state index in [0.717, 1.165) is 47.8 Å². The highest BCUT2D eigenvalue weighted by Gasteiger charge is 2.68. The fourth-order valence-electron chi connectivity index (χ4n) is 7.45. The lowest BCUT2D eigenvalue weighted by molar-refractivity contribution is -0.265. The van der Waals surface area contributed by atoms with Gasteiger partial charge in [0.2, 0.25) is 0 Å². The molecule has 0 atom stereocenters. The van der Waals surface area contributed by atoms with E-state index in [-0.39, 0.29) is 17.0 Å². The van der Waals surface area contributed by atoms with Crippen LogP contribution in [0.25, 0.3) is 0 Å². The Kier molecular flexibility index (Phi) is 2.59. The van der Waals surface area contributed by atoms with Gasteiger partial charge < -0.3 is 4.74 Å². The van der Waals surface area contributed by atoms with Crippen molar-refractivity contribution in [2.75, 3.05) is 0 Å². The number of ether oxygens (including phenoxy) is 1. The van der Waals surface area contributed by atoms with E-state index < -0.39 is 0 Å². The van der Waals surface area contributed by atoms with Crippen molar-refractivity contribution >= 4 is 5.97 Å². The van der Waals surface area contributed by atoms with Crippen LogP contribution >= 0.6 is 0 Å². The molecule has 0 unspecified atom stereocenters. The standard InChI is InChI=1S/C20H30O2/c1-4-19(2,3)18(21)22-20-8-15-12-5-11-6-13(15)17(10-20)14(7-11)16(12)9-20/h11-17H,4-10H2,1-3H3. The second-order valence-corrected chi connectivity index (χ2v) is 9.98. The molecule has 8 bridgehead atoms. The Labute approximate surface area is 134 Å². The van der Waals surface area contributed by atoms with Crippen LogP contribution in [0.1, 0.15) is 65.7 Å². The smallest absolute Gasteiger partial charge is 0.312 e. The van der Waals surface area contributed by atoms with Crippen molar-refractivity contribution in [3.05, 3.63) is 0 Å². The van der Waals surface area contributed by atoms with E-state index in [0.29, 0.717) is 0 Å². The lowest BCUT2D eigenvalue weighted by Crippen LogP contribution is -2.68. The molecule has 0 aromatic carbocycles. The maximum absolute atomic E-state index is 12.7. The maximum atomic E-state index is 12.7. The summed E-state index contributed by atoms with van der Waals surface area (Å²) >= 11 is 0. The highest BCUT2D eigenvalue weighted by molar-refractivity contribution is 5.76. The van der Waals surface area contributed by atoms with Crippen LogP contribution < -0.4 is 0 Å². The second kappa shape index (κ2) is 4.11. The van der Waals surface area contributed by atoms with Crippen LogP contribution in [0.3, 0.4) is 0 Å². The van der Waals surface area contributed by atoms with Crippen molar-refractivity contribution in [3.63, 3.8) is 0 Å². The summed E-state index contributed by atoms with van der Waals surface area (Å²) in [6.07, 6.45) is 8.95. The molecule has 7 saturated carbocycles. The molecule has 2 heteroatoms. The van der Waals surface area contributed by atoms with Crippen LogP contribution in [-0.2, 0) is 9.53 Å². The zero-order chi connectivity index (χ0) is 15.3. The molecular weight excluding hydrogens is 272 g/mol. The molecule has 0 spiro atoms. The SMILES string of the molecule is CCC(C)(C)C(=O)OC12CC3C4CC5CC3C(C1)C(C5)C4C2. The summed E-state index contributed by atoms with van der Waals surface area (Å²) in [6, 6.07) is 0. The average Bonchev–Trinajstić information content (AvgIpc) is 2.51. The lowest BCUT2D eigenvalue weighted by Gasteiger charge is -2.71. The normalized spacial score (nSPS) is 54.0. The topological polar surface area (TPSA) is 26.3 Å². The summed E-state index contributed by atoms with van der Waals surface area (Å²) in [5.74, 6) is 6.76. The van der Waals surface area contributed by atoms with Crippen molar-refractivity contribution in [3.8, 4) is 0 Å². The molecule has 0 heterocycles. The third-order valence-electron chi connectivity index (χ3n) is 8.68. The van der Waals surface area contributed by atoms with Crippen molar-refractivity contribution < 1.29 is 9.53 Å². The molecule has 7 aliphatic carbocycles. The van der Waals surface area contributed by atoms with Gasteiger partial charge in [-0.3, -0.25) is 4.79 Å². The first-order valence-electron chi connectivity index (χ1n) is 9.66. The molecule has 7 fully saturated rings. The fourth-order valence-corrected chi connectivity index (χ4v) is 7.45. The van der Waals surface area contributed by atoms with Gasteiger partial charge in [-0.05, 0) is 100 Å². The van der Waals surface area contributed by atoms with Gasteiger partial charge in [0.25, 0.3) is 0 Å². The summed E-state index contributed by atoms with van der Waals surface area (Å²) in [5, 5.41) is 0. The van der Waals surface area contributed by atoms with Crippen LogP contribution in [0.5, 0.6) is 0 Å². The van der Waals surface area contributed by atoms with E-state index in [1.54, 1.807) is 0 Å². The van der Waals surface area contributed by atoms with Crippen LogP contribution in [0.4, 0.5) is 0 Å². The number of esters is 1. The summed E-state index contributed by atoms with van der Waals surface area (Å²) < 4.78 is 6.30. The van der Waals surface area contributed by atoms with E-state index in [1.165, 1.54) is 38.5 Å². The Balaban J connectivity index is 1.44. The second-order valence-electron chi connectivity index (χ2n) is 9.98. The van der Waals surface area contributed by atoms with Gasteiger partial charge in [-0.2, -0.15) is 0 Å². The first kappa shape index (κ1) is 13.9. The van der Waals surface area contributed by atoms with Gasteiger partial charge in [0, 0.05) is 0 Å². The zero-order valence-electron chi connectivity index (χ0n) is 14.3. The molecule has 2 nitrogen and oxygen atoms in total. The fraction of sp³-hybridized carbons (Fsp3) is 0.950. The molecule has 0 aromatic heterocycles. The van der Waals surface area contributed by atoms with Gasteiger partial charge in [-0.1, -0.05) is 6.92 Å². The van der Waals surface area contributed by atoms with E-state index in [1.807, 2.05) is 13.8 Å². The lowest BCUT2D eigenvalue weighted by atomic mass is 9.35. The molecule has 7 aliphatic rings. The first-order valence-corrected chi connectivity index (χ1v) is 9.66. The Morgan fingerprint density at radius 2 is 1.41 bits per heavy atom. The van der Waals surface area contributed by atoms with Crippen molar-refractivity contribution in [2.24, 2.45) is 46.8 Å². The zero-order valence-corrected chi connectivity index (χ0v) is 14.3. The Bertz CT molecular complexity index is 459. The van der Waals surface area contributed by atoms with Crippen molar-refractivity contribution in [1.82, 2.24) is 0 Å². The summed E-state index contributed by atoms with van der Waals surface area (Å²) in [5.41, 5.74) is -0.391. The molecule has 0 aliphatic heterocycles. The van der Waals surface area contributed by atoms with Gasteiger partial charge in [0.15, 0.2) is 0 Å². The average molecular weight is 302 g/mol. The van der Waals surface area contributed by atoms with Gasteiger partial charge in [-0.15, -0.1) is 0 Å². The highest BCUT2D eigenvalue weighted by Crippen LogP contribution is 2.72. The van der Waals surface area contributed by atoms with E-state index in [4.69, 9.17) is 4.74 Å². The number of rotatable bonds is 3. The quantitative estimate of drug-likeness (QED) is 0.721. The number of carbonyl (C=O) groups is 1. The van der Waals surface area contributed by atoms with E-state index in [2.05, 4.69) is 6.92 Å². The summed E-state index contributed by atoms with van der Waals surface area (Å²) in [4.78, 5) is 12.7. The molecule has 7 rings (SSSR count). The molecule has 0 amide bonds. The minimum absolute atomic E-state index is 0.0635. The minimum atomic E-state index is -0.319. The van der Waals surface area contributed by atoms with Crippen molar-refractivity contribution in [1.29, 1.82) is 0 Å². The van der Waals surface area contributed by atoms with Crippen LogP contribution in [-0.4, -0.2) is 11.6 Å². The van der Waals surface area contributed by atoms with E-state index in [9.17, 15) is 4.79 Å². The van der Waals surface area contributed by atoms with Gasteiger partial charge in [0.05, 0.1) is 5.41 Å². The summed E-state index contributed by atoms with van der Waals surface area (Å²) in [6.45, 7) is 6.18. The van der Waals surface area contributed by atoms with Crippen molar-refractivity contribution in [2.45, 2.75) is 71.3 Å². The predicted octanol–water partition coefficient (Wildman–Crippen LogP) is 4.43. The molecule has 0 aromatic rings. The third kappa shape index (κ3) is 1.60. The Morgan fingerprint density at radius 1 is 0.955 bits per heavy atom. The van der Waals surface area contributed by atoms with E-state index >= 15 is 0 Å². The molecule has 0 saturated heterocycles. The Morgan fingerprint density at radius 3 is 1.82 bits per heavy atom. The molecule has 22 heavy (non-hydrogen) atoms. The minimum Gasteiger partial charge on any atom is -0.459 e.